The normalized spacial score (nSPS) is 14.5. The van der Waals surface area contributed by atoms with E-state index < -0.39 is 5.60 Å². The van der Waals surface area contributed by atoms with Crippen LogP contribution in [0.25, 0.3) is 16.9 Å². The Morgan fingerprint density at radius 2 is 1.82 bits per heavy atom. The maximum atomic E-state index is 11.2. The minimum absolute atomic E-state index is 0.0714. The molecule has 3 aromatic rings. The Morgan fingerprint density at radius 1 is 1.06 bits per heavy atom. The van der Waals surface area contributed by atoms with E-state index in [0.717, 1.165) is 28.9 Å². The molecule has 1 aliphatic heterocycles. The minimum atomic E-state index is -0.604. The number of benzene rings is 2. The van der Waals surface area contributed by atoms with Gasteiger partial charge in [0.25, 0.3) is 0 Å². The molecule has 1 aromatic heterocycles. The van der Waals surface area contributed by atoms with Crippen molar-refractivity contribution in [2.24, 2.45) is 0 Å². The van der Waals surface area contributed by atoms with Crippen molar-refractivity contribution in [2.45, 2.75) is 77.7 Å². The molecule has 0 unspecified atom stereocenters. The van der Waals surface area contributed by atoms with Gasteiger partial charge in [-0.05, 0) is 61.6 Å². The molecular formula is C27H32Cl2N2O2. The molecule has 0 radical (unpaired) electrons. The van der Waals surface area contributed by atoms with Crippen LogP contribution in [0.2, 0.25) is 10.0 Å². The van der Waals surface area contributed by atoms with Gasteiger partial charge in [0.05, 0.1) is 33.2 Å². The topological polar surface area (TPSA) is 47.3 Å². The second-order valence-corrected chi connectivity index (χ2v) is 10.9. The Hall–Kier alpha value is -2.17. The third kappa shape index (κ3) is 4.48. The highest BCUT2D eigenvalue weighted by Crippen LogP contribution is 2.51. The molecule has 4 rings (SSSR count). The third-order valence-electron chi connectivity index (χ3n) is 6.69. The first-order valence-corrected chi connectivity index (χ1v) is 12.4. The van der Waals surface area contributed by atoms with E-state index in [-0.39, 0.29) is 11.2 Å². The monoisotopic (exact) mass is 486 g/mol. The second-order valence-electron chi connectivity index (χ2n) is 10.1. The van der Waals surface area contributed by atoms with Crippen molar-refractivity contribution in [1.29, 1.82) is 0 Å². The third-order valence-corrected chi connectivity index (χ3v) is 7.42. The summed E-state index contributed by atoms with van der Waals surface area (Å²) in [5.74, 6) is 0.869. The number of aromatic nitrogens is 2. The van der Waals surface area contributed by atoms with Gasteiger partial charge in [0.15, 0.2) is 0 Å². The molecule has 0 amide bonds. The van der Waals surface area contributed by atoms with Crippen molar-refractivity contribution in [3.05, 3.63) is 57.7 Å². The quantitative estimate of drug-likeness (QED) is 0.340. The smallest absolute Gasteiger partial charge is 0.134 e. The average molecular weight is 487 g/mol. The first kappa shape index (κ1) is 24.0. The van der Waals surface area contributed by atoms with Gasteiger partial charge in [-0.1, -0.05) is 69.7 Å². The number of ether oxygens (including phenoxy) is 1. The summed E-state index contributed by atoms with van der Waals surface area (Å²) in [6.45, 7) is 10.7. The summed E-state index contributed by atoms with van der Waals surface area (Å²) in [7, 11) is 0. The summed E-state index contributed by atoms with van der Waals surface area (Å²) in [5, 5.41) is 16.8. The van der Waals surface area contributed by atoms with E-state index in [1.54, 1.807) is 23.0 Å². The summed E-state index contributed by atoms with van der Waals surface area (Å²) in [4.78, 5) is 0. The molecule has 176 valence electrons. The van der Waals surface area contributed by atoms with Crippen molar-refractivity contribution in [1.82, 2.24) is 9.78 Å². The summed E-state index contributed by atoms with van der Waals surface area (Å²) < 4.78 is 8.24. The van der Waals surface area contributed by atoms with Crippen LogP contribution >= 0.6 is 23.2 Å². The van der Waals surface area contributed by atoms with Crippen molar-refractivity contribution in [3.63, 3.8) is 0 Å². The first-order valence-electron chi connectivity index (χ1n) is 11.7. The number of halogens is 2. The van der Waals surface area contributed by atoms with E-state index in [0.29, 0.717) is 21.4 Å². The lowest BCUT2D eigenvalue weighted by atomic mass is 9.78. The molecule has 6 heteroatoms. The van der Waals surface area contributed by atoms with Crippen LogP contribution < -0.4 is 4.74 Å². The SMILES string of the molecule is CCCCCCC(C)(C)c1cc(O)c2c(c1)OC(C)(C)c1cnn(-c3ccc(Cl)c(Cl)c3)c1-2. The number of fused-ring (bicyclic) bond motifs is 3. The second kappa shape index (κ2) is 8.88. The summed E-state index contributed by atoms with van der Waals surface area (Å²) in [6.07, 6.45) is 7.72. The van der Waals surface area contributed by atoms with Gasteiger partial charge in [0.1, 0.15) is 17.1 Å². The molecule has 0 aliphatic carbocycles. The highest BCUT2D eigenvalue weighted by molar-refractivity contribution is 6.42. The number of hydrogen-bond acceptors (Lipinski definition) is 3. The molecule has 4 nitrogen and oxygen atoms in total. The van der Waals surface area contributed by atoms with Gasteiger partial charge in [0, 0.05) is 5.56 Å². The zero-order valence-electron chi connectivity index (χ0n) is 20.0. The lowest BCUT2D eigenvalue weighted by Gasteiger charge is -2.35. The number of aromatic hydroxyl groups is 1. The number of unbranched alkanes of at least 4 members (excludes halogenated alkanes) is 3. The molecule has 0 saturated carbocycles. The maximum absolute atomic E-state index is 11.2. The molecule has 2 heterocycles. The number of hydrogen-bond donors (Lipinski definition) is 1. The van der Waals surface area contributed by atoms with Crippen LogP contribution in [0.15, 0.2) is 36.5 Å². The zero-order chi connectivity index (χ0) is 24.0. The predicted octanol–water partition coefficient (Wildman–Crippen LogP) is 8.43. The van der Waals surface area contributed by atoms with E-state index in [4.69, 9.17) is 27.9 Å². The number of phenolic OH excluding ortho intramolecular Hbond substituents is 1. The zero-order valence-corrected chi connectivity index (χ0v) is 21.5. The molecule has 1 N–H and O–H groups in total. The van der Waals surface area contributed by atoms with Crippen LogP contribution in [0, 0.1) is 0 Å². The highest BCUT2D eigenvalue weighted by atomic mass is 35.5. The van der Waals surface area contributed by atoms with Crippen LogP contribution in [0.5, 0.6) is 11.5 Å². The molecule has 0 fully saturated rings. The van der Waals surface area contributed by atoms with E-state index in [1.807, 2.05) is 26.0 Å². The molecular weight excluding hydrogens is 455 g/mol. The number of nitrogens with zero attached hydrogens (tertiary/aromatic N) is 2. The van der Waals surface area contributed by atoms with E-state index >= 15 is 0 Å². The van der Waals surface area contributed by atoms with Gasteiger partial charge < -0.3 is 9.84 Å². The lowest BCUT2D eigenvalue weighted by molar-refractivity contribution is 0.105. The van der Waals surface area contributed by atoms with E-state index in [1.165, 1.54) is 25.7 Å². The summed E-state index contributed by atoms with van der Waals surface area (Å²) in [5.41, 5.74) is 3.54. The van der Waals surface area contributed by atoms with E-state index in [2.05, 4.69) is 31.9 Å². The van der Waals surface area contributed by atoms with Crippen LogP contribution in [-0.4, -0.2) is 14.9 Å². The van der Waals surface area contributed by atoms with Gasteiger partial charge in [-0.2, -0.15) is 5.10 Å². The Labute approximate surface area is 206 Å². The van der Waals surface area contributed by atoms with Gasteiger partial charge >= 0.3 is 0 Å². The molecule has 0 bridgehead atoms. The minimum Gasteiger partial charge on any atom is -0.507 e. The van der Waals surface area contributed by atoms with Crippen molar-refractivity contribution in [3.8, 4) is 28.4 Å². The maximum Gasteiger partial charge on any atom is 0.134 e. The fraction of sp³-hybridized carbons (Fsp3) is 0.444. The van der Waals surface area contributed by atoms with Crippen LogP contribution in [-0.2, 0) is 11.0 Å². The molecule has 0 atom stereocenters. The average Bonchev–Trinajstić information content (AvgIpc) is 3.19. The van der Waals surface area contributed by atoms with Crippen LogP contribution in [0.3, 0.4) is 0 Å². The number of phenols is 1. The van der Waals surface area contributed by atoms with Crippen molar-refractivity contribution in [2.75, 3.05) is 0 Å². The lowest BCUT2D eigenvalue weighted by Crippen LogP contribution is -2.29. The Kier molecular flexibility index (Phi) is 6.45. The van der Waals surface area contributed by atoms with Crippen LogP contribution in [0.4, 0.5) is 0 Å². The molecule has 1 aliphatic rings. The fourth-order valence-corrected chi connectivity index (χ4v) is 4.91. The van der Waals surface area contributed by atoms with Crippen LogP contribution in [0.1, 0.15) is 77.8 Å². The Morgan fingerprint density at radius 3 is 2.52 bits per heavy atom. The summed E-state index contributed by atoms with van der Waals surface area (Å²) >= 11 is 12.4. The Balaban J connectivity index is 1.81. The molecule has 33 heavy (non-hydrogen) atoms. The van der Waals surface area contributed by atoms with Gasteiger partial charge in [-0.15, -0.1) is 0 Å². The fourth-order valence-electron chi connectivity index (χ4n) is 4.62. The summed E-state index contributed by atoms with van der Waals surface area (Å²) in [6, 6.07) is 9.38. The molecule has 0 saturated heterocycles. The van der Waals surface area contributed by atoms with Crippen molar-refractivity contribution < 1.29 is 9.84 Å². The van der Waals surface area contributed by atoms with E-state index in [9.17, 15) is 5.11 Å². The first-order chi connectivity index (χ1) is 15.5. The molecule has 2 aromatic carbocycles. The largest absolute Gasteiger partial charge is 0.507 e. The molecule has 0 spiro atoms. The van der Waals surface area contributed by atoms with Crippen molar-refractivity contribution >= 4 is 23.2 Å². The van der Waals surface area contributed by atoms with Gasteiger partial charge in [-0.3, -0.25) is 0 Å². The standard InChI is InChI=1S/C27H32Cl2N2O2/c1-6-7-8-9-12-26(2,3)17-13-22(32)24-23(14-17)33-27(4,5)19-16-30-31(25(19)24)18-10-11-20(28)21(29)15-18/h10-11,13-16,32H,6-9,12H2,1-5H3. The Bertz CT molecular complexity index is 1180. The van der Waals surface area contributed by atoms with Gasteiger partial charge in [0.2, 0.25) is 0 Å². The number of rotatable bonds is 7. The highest BCUT2D eigenvalue weighted by Gasteiger charge is 2.39. The van der Waals surface area contributed by atoms with Gasteiger partial charge in [-0.25, -0.2) is 4.68 Å². The predicted molar refractivity (Wildman–Crippen MR) is 136 cm³/mol.